The van der Waals surface area contributed by atoms with Crippen LogP contribution in [0.1, 0.15) is 18.1 Å². The lowest BCUT2D eigenvalue weighted by atomic mass is 10.1. The Morgan fingerprint density at radius 3 is 2.42 bits per heavy atom. The standard InChI is InChI=1S/C19H19BrO6/c1-12(21)26-18(19(22)23)10-14-9-15(20)5-8-17(14)25-11-13-3-6-16(24-2)7-4-13/h3-9,18H,10-11H2,1-2H3,(H,22,23). The van der Waals surface area contributed by atoms with Crippen LogP contribution in [0.15, 0.2) is 46.9 Å². The topological polar surface area (TPSA) is 82.1 Å². The van der Waals surface area contributed by atoms with E-state index in [0.717, 1.165) is 15.8 Å². The van der Waals surface area contributed by atoms with Crippen LogP contribution in [-0.4, -0.2) is 30.3 Å². The molecule has 0 aliphatic heterocycles. The molecule has 0 heterocycles. The van der Waals surface area contributed by atoms with E-state index in [1.165, 1.54) is 6.92 Å². The number of ether oxygens (including phenoxy) is 3. The fraction of sp³-hybridized carbons (Fsp3) is 0.263. The van der Waals surface area contributed by atoms with Gasteiger partial charge in [-0.25, -0.2) is 4.79 Å². The van der Waals surface area contributed by atoms with Crippen molar-refractivity contribution in [3.63, 3.8) is 0 Å². The van der Waals surface area contributed by atoms with Gasteiger partial charge in [0.05, 0.1) is 7.11 Å². The van der Waals surface area contributed by atoms with Crippen molar-refractivity contribution in [3.05, 3.63) is 58.1 Å². The molecule has 26 heavy (non-hydrogen) atoms. The van der Waals surface area contributed by atoms with Crippen molar-refractivity contribution >= 4 is 27.9 Å². The zero-order valence-electron chi connectivity index (χ0n) is 14.4. The first-order valence-corrected chi connectivity index (χ1v) is 8.62. The summed E-state index contributed by atoms with van der Waals surface area (Å²) >= 11 is 3.36. The quantitative estimate of drug-likeness (QED) is 0.654. The molecule has 0 amide bonds. The molecular formula is C19H19BrO6. The van der Waals surface area contributed by atoms with E-state index in [1.807, 2.05) is 24.3 Å². The lowest BCUT2D eigenvalue weighted by molar-refractivity contribution is -0.162. The average Bonchev–Trinajstić information content (AvgIpc) is 2.60. The fourth-order valence-corrected chi connectivity index (χ4v) is 2.72. The van der Waals surface area contributed by atoms with E-state index in [4.69, 9.17) is 14.2 Å². The number of esters is 1. The van der Waals surface area contributed by atoms with Crippen molar-refractivity contribution in [2.45, 2.75) is 26.1 Å². The van der Waals surface area contributed by atoms with Gasteiger partial charge in [-0.2, -0.15) is 0 Å². The Hall–Kier alpha value is -2.54. The van der Waals surface area contributed by atoms with Crippen molar-refractivity contribution < 1.29 is 28.9 Å². The predicted octanol–water partition coefficient (Wildman–Crippen LogP) is 3.60. The van der Waals surface area contributed by atoms with Gasteiger partial charge in [-0.3, -0.25) is 4.79 Å². The number of carboxylic acid groups (broad SMARTS) is 1. The normalized spacial score (nSPS) is 11.5. The minimum Gasteiger partial charge on any atom is -0.497 e. The Bertz CT molecular complexity index is 772. The van der Waals surface area contributed by atoms with Gasteiger partial charge in [-0.1, -0.05) is 28.1 Å². The van der Waals surface area contributed by atoms with Crippen LogP contribution in [0.5, 0.6) is 11.5 Å². The van der Waals surface area contributed by atoms with Crippen LogP contribution in [0.25, 0.3) is 0 Å². The van der Waals surface area contributed by atoms with Crippen LogP contribution in [0, 0.1) is 0 Å². The van der Waals surface area contributed by atoms with Gasteiger partial charge in [0.1, 0.15) is 18.1 Å². The summed E-state index contributed by atoms with van der Waals surface area (Å²) in [4.78, 5) is 22.5. The highest BCUT2D eigenvalue weighted by molar-refractivity contribution is 9.10. The second-order valence-corrected chi connectivity index (χ2v) is 6.44. The van der Waals surface area contributed by atoms with Crippen LogP contribution in [-0.2, 0) is 27.4 Å². The number of carbonyl (C=O) groups is 2. The molecule has 6 nitrogen and oxygen atoms in total. The minimum absolute atomic E-state index is 0.00625. The van der Waals surface area contributed by atoms with Crippen molar-refractivity contribution in [2.75, 3.05) is 7.11 Å². The molecule has 0 saturated heterocycles. The van der Waals surface area contributed by atoms with Gasteiger partial charge in [-0.15, -0.1) is 0 Å². The monoisotopic (exact) mass is 422 g/mol. The largest absolute Gasteiger partial charge is 0.497 e. The molecule has 0 aliphatic carbocycles. The molecule has 1 unspecified atom stereocenters. The van der Waals surface area contributed by atoms with E-state index >= 15 is 0 Å². The fourth-order valence-electron chi connectivity index (χ4n) is 2.31. The molecule has 2 aromatic rings. The maximum atomic E-state index is 11.3. The molecule has 138 valence electrons. The molecule has 2 rings (SSSR count). The lowest BCUT2D eigenvalue weighted by Gasteiger charge is -2.16. The highest BCUT2D eigenvalue weighted by Crippen LogP contribution is 2.26. The Labute approximate surface area is 159 Å². The Kier molecular flexibility index (Phi) is 7.03. The Morgan fingerprint density at radius 1 is 1.15 bits per heavy atom. The summed E-state index contributed by atoms with van der Waals surface area (Å²) in [5.74, 6) is -0.569. The van der Waals surface area contributed by atoms with Gasteiger partial charge in [-0.05, 0) is 41.5 Å². The van der Waals surface area contributed by atoms with E-state index in [9.17, 15) is 14.7 Å². The van der Waals surface area contributed by atoms with E-state index < -0.39 is 18.0 Å². The summed E-state index contributed by atoms with van der Waals surface area (Å²) < 4.78 is 16.6. The molecule has 1 atom stereocenters. The molecule has 0 aliphatic rings. The number of methoxy groups -OCH3 is 1. The van der Waals surface area contributed by atoms with Crippen molar-refractivity contribution in [2.24, 2.45) is 0 Å². The van der Waals surface area contributed by atoms with Crippen molar-refractivity contribution in [1.82, 2.24) is 0 Å². The minimum atomic E-state index is -1.27. The van der Waals surface area contributed by atoms with Crippen LogP contribution in [0.2, 0.25) is 0 Å². The second-order valence-electron chi connectivity index (χ2n) is 5.53. The average molecular weight is 423 g/mol. The number of rotatable bonds is 8. The summed E-state index contributed by atoms with van der Waals surface area (Å²) in [6, 6.07) is 12.7. The molecule has 0 radical (unpaired) electrons. The summed E-state index contributed by atoms with van der Waals surface area (Å²) in [6.07, 6.45) is -1.27. The molecule has 0 fully saturated rings. The lowest BCUT2D eigenvalue weighted by Crippen LogP contribution is -2.28. The van der Waals surface area contributed by atoms with Crippen LogP contribution >= 0.6 is 15.9 Å². The third-order valence-corrected chi connectivity index (χ3v) is 4.06. The summed E-state index contributed by atoms with van der Waals surface area (Å²) in [7, 11) is 1.60. The van der Waals surface area contributed by atoms with E-state index in [1.54, 1.807) is 25.3 Å². The van der Waals surface area contributed by atoms with Gasteiger partial charge >= 0.3 is 11.9 Å². The first-order valence-electron chi connectivity index (χ1n) is 7.83. The van der Waals surface area contributed by atoms with Crippen LogP contribution < -0.4 is 9.47 Å². The second kappa shape index (κ2) is 9.24. The number of benzene rings is 2. The Balaban J connectivity index is 2.15. The first kappa shape index (κ1) is 19.8. The number of halogens is 1. The zero-order valence-corrected chi connectivity index (χ0v) is 16.0. The maximum Gasteiger partial charge on any atom is 0.345 e. The van der Waals surface area contributed by atoms with Crippen molar-refractivity contribution in [3.8, 4) is 11.5 Å². The van der Waals surface area contributed by atoms with E-state index in [-0.39, 0.29) is 6.42 Å². The van der Waals surface area contributed by atoms with Gasteiger partial charge in [0.25, 0.3) is 0 Å². The maximum absolute atomic E-state index is 11.3. The van der Waals surface area contributed by atoms with Crippen LogP contribution in [0.4, 0.5) is 0 Å². The van der Waals surface area contributed by atoms with Gasteiger partial charge in [0, 0.05) is 17.8 Å². The van der Waals surface area contributed by atoms with Gasteiger partial charge in [0.15, 0.2) is 0 Å². The predicted molar refractivity (Wildman–Crippen MR) is 98.4 cm³/mol. The molecule has 0 spiro atoms. The summed E-state index contributed by atoms with van der Waals surface area (Å²) in [5, 5.41) is 9.26. The zero-order chi connectivity index (χ0) is 19.1. The third kappa shape index (κ3) is 5.77. The Morgan fingerprint density at radius 2 is 1.85 bits per heavy atom. The molecule has 0 bridgehead atoms. The number of carboxylic acids is 1. The smallest absolute Gasteiger partial charge is 0.345 e. The molecule has 2 aromatic carbocycles. The van der Waals surface area contributed by atoms with Crippen molar-refractivity contribution in [1.29, 1.82) is 0 Å². The molecule has 1 N–H and O–H groups in total. The van der Waals surface area contributed by atoms with Gasteiger partial charge in [0.2, 0.25) is 6.10 Å². The molecular weight excluding hydrogens is 404 g/mol. The molecule has 0 aromatic heterocycles. The molecule has 7 heteroatoms. The van der Waals surface area contributed by atoms with E-state index in [2.05, 4.69) is 15.9 Å². The number of hydrogen-bond donors (Lipinski definition) is 1. The number of aliphatic carboxylic acids is 1. The number of carbonyl (C=O) groups excluding carboxylic acids is 1. The SMILES string of the molecule is COc1ccc(COc2ccc(Br)cc2CC(OC(C)=O)C(=O)O)cc1. The highest BCUT2D eigenvalue weighted by atomic mass is 79.9. The molecule has 0 saturated carbocycles. The first-order chi connectivity index (χ1) is 12.4. The highest BCUT2D eigenvalue weighted by Gasteiger charge is 2.23. The van der Waals surface area contributed by atoms with E-state index in [0.29, 0.717) is 17.9 Å². The summed E-state index contributed by atoms with van der Waals surface area (Å²) in [5.41, 5.74) is 1.57. The number of hydrogen-bond acceptors (Lipinski definition) is 5. The summed E-state index contributed by atoms with van der Waals surface area (Å²) in [6.45, 7) is 1.49. The van der Waals surface area contributed by atoms with Gasteiger partial charge < -0.3 is 19.3 Å². The van der Waals surface area contributed by atoms with Crippen LogP contribution in [0.3, 0.4) is 0 Å². The third-order valence-electron chi connectivity index (χ3n) is 3.56.